The molecule has 17 heavy (non-hydrogen) atoms. The molecule has 0 spiro atoms. The predicted octanol–water partition coefficient (Wildman–Crippen LogP) is 1.88. The Morgan fingerprint density at radius 3 is 3.06 bits per heavy atom. The highest BCUT2D eigenvalue weighted by Crippen LogP contribution is 2.29. The predicted molar refractivity (Wildman–Crippen MR) is 66.8 cm³/mol. The van der Waals surface area contributed by atoms with Gasteiger partial charge in [0.05, 0.1) is 18.2 Å². The summed E-state index contributed by atoms with van der Waals surface area (Å²) in [5.41, 5.74) is 0. The molecule has 0 aliphatic heterocycles. The van der Waals surface area contributed by atoms with Crippen LogP contribution in [0.15, 0.2) is 6.20 Å². The maximum Gasteiger partial charge on any atom is 0.249 e. The van der Waals surface area contributed by atoms with Crippen molar-refractivity contribution in [3.8, 4) is 0 Å². The fourth-order valence-electron chi connectivity index (χ4n) is 1.45. The number of carbonyl (C=O) groups excluding carboxylic acids is 1. The summed E-state index contributed by atoms with van der Waals surface area (Å²) in [5, 5.41) is 3.88. The smallest absolute Gasteiger partial charge is 0.249 e. The molecule has 1 amide bonds. The Morgan fingerprint density at radius 1 is 1.71 bits per heavy atom. The van der Waals surface area contributed by atoms with Gasteiger partial charge in [-0.2, -0.15) is 0 Å². The van der Waals surface area contributed by atoms with Crippen molar-refractivity contribution in [2.75, 3.05) is 6.61 Å². The second-order valence-electron chi connectivity index (χ2n) is 4.48. The van der Waals surface area contributed by atoms with Crippen LogP contribution in [-0.4, -0.2) is 23.6 Å². The minimum atomic E-state index is -0.357. The van der Waals surface area contributed by atoms with Crippen molar-refractivity contribution in [1.82, 2.24) is 10.3 Å². The SMILES string of the molecule is Cc1ncc(CNC(=O)C(C)OCC2CC2)s1. The first-order valence-electron chi connectivity index (χ1n) is 5.96. The Balaban J connectivity index is 1.68. The van der Waals surface area contributed by atoms with E-state index in [9.17, 15) is 4.79 Å². The van der Waals surface area contributed by atoms with Gasteiger partial charge < -0.3 is 10.1 Å². The molecule has 5 heteroatoms. The van der Waals surface area contributed by atoms with Crippen LogP contribution in [0.2, 0.25) is 0 Å². The molecule has 94 valence electrons. The van der Waals surface area contributed by atoms with Crippen LogP contribution in [0.5, 0.6) is 0 Å². The minimum absolute atomic E-state index is 0.0447. The molecule has 1 saturated carbocycles. The van der Waals surface area contributed by atoms with E-state index in [4.69, 9.17) is 4.74 Å². The molecule has 2 rings (SSSR count). The lowest BCUT2D eigenvalue weighted by Crippen LogP contribution is -2.34. The largest absolute Gasteiger partial charge is 0.368 e. The van der Waals surface area contributed by atoms with E-state index in [2.05, 4.69) is 10.3 Å². The molecule has 0 radical (unpaired) electrons. The number of carbonyl (C=O) groups is 1. The van der Waals surface area contributed by atoms with Crippen molar-refractivity contribution >= 4 is 17.2 Å². The summed E-state index contributed by atoms with van der Waals surface area (Å²) >= 11 is 1.60. The zero-order valence-electron chi connectivity index (χ0n) is 10.2. The lowest BCUT2D eigenvalue weighted by atomic mass is 10.3. The molecule has 4 nitrogen and oxygen atoms in total. The van der Waals surface area contributed by atoms with Crippen LogP contribution in [0.1, 0.15) is 29.7 Å². The van der Waals surface area contributed by atoms with Gasteiger partial charge in [-0.05, 0) is 32.6 Å². The Bertz CT molecular complexity index is 388. The van der Waals surface area contributed by atoms with Gasteiger partial charge in [0.15, 0.2) is 0 Å². The van der Waals surface area contributed by atoms with E-state index in [1.165, 1.54) is 12.8 Å². The van der Waals surface area contributed by atoms with Crippen molar-refractivity contribution in [3.63, 3.8) is 0 Å². The average Bonchev–Trinajstić information content (AvgIpc) is 3.05. The molecule has 1 atom stereocenters. The summed E-state index contributed by atoms with van der Waals surface area (Å²) in [6, 6.07) is 0. The molecule has 1 aromatic heterocycles. The van der Waals surface area contributed by atoms with E-state index < -0.39 is 0 Å². The van der Waals surface area contributed by atoms with Crippen LogP contribution >= 0.6 is 11.3 Å². The summed E-state index contributed by atoms with van der Waals surface area (Å²) in [5.74, 6) is 0.645. The molecule has 1 aliphatic carbocycles. The van der Waals surface area contributed by atoms with Crippen molar-refractivity contribution < 1.29 is 9.53 Å². The molecular formula is C12H18N2O2S. The fraction of sp³-hybridized carbons (Fsp3) is 0.667. The zero-order valence-corrected chi connectivity index (χ0v) is 11.0. The van der Waals surface area contributed by atoms with Gasteiger partial charge in [-0.25, -0.2) is 4.98 Å². The third-order valence-corrected chi connectivity index (χ3v) is 3.67. The van der Waals surface area contributed by atoms with E-state index in [0.717, 1.165) is 9.88 Å². The van der Waals surface area contributed by atoms with E-state index >= 15 is 0 Å². The number of thiazole rings is 1. The Labute approximate surface area is 105 Å². The van der Waals surface area contributed by atoms with Crippen LogP contribution in [0, 0.1) is 12.8 Å². The Kier molecular flexibility index (Phi) is 4.12. The number of ether oxygens (including phenoxy) is 1. The van der Waals surface area contributed by atoms with Crippen molar-refractivity contribution in [2.45, 2.75) is 39.3 Å². The summed E-state index contributed by atoms with van der Waals surface area (Å²) < 4.78 is 5.50. The highest BCUT2D eigenvalue weighted by Gasteiger charge is 2.23. The first-order valence-corrected chi connectivity index (χ1v) is 6.77. The fourth-order valence-corrected chi connectivity index (χ4v) is 2.18. The van der Waals surface area contributed by atoms with Gasteiger partial charge in [-0.1, -0.05) is 0 Å². The zero-order chi connectivity index (χ0) is 12.3. The highest BCUT2D eigenvalue weighted by molar-refractivity contribution is 7.11. The average molecular weight is 254 g/mol. The molecule has 0 aromatic carbocycles. The van der Waals surface area contributed by atoms with Gasteiger partial charge in [0.2, 0.25) is 5.91 Å². The van der Waals surface area contributed by atoms with Crippen LogP contribution in [0.4, 0.5) is 0 Å². The molecule has 1 fully saturated rings. The van der Waals surface area contributed by atoms with Crippen LogP contribution < -0.4 is 5.32 Å². The third-order valence-electron chi connectivity index (χ3n) is 2.75. The maximum atomic E-state index is 11.7. The monoisotopic (exact) mass is 254 g/mol. The number of nitrogens with one attached hydrogen (secondary N) is 1. The molecule has 1 heterocycles. The molecule has 1 N–H and O–H groups in total. The molecule has 1 aliphatic rings. The molecule has 1 aromatic rings. The van der Waals surface area contributed by atoms with Gasteiger partial charge in [0.25, 0.3) is 0 Å². The standard InChI is InChI=1S/C12H18N2O2S/c1-8(16-7-10-3-4-10)12(15)14-6-11-5-13-9(2)17-11/h5,8,10H,3-4,6-7H2,1-2H3,(H,14,15). The number of nitrogens with zero attached hydrogens (tertiary/aromatic N) is 1. The summed E-state index contributed by atoms with van der Waals surface area (Å²) in [4.78, 5) is 16.9. The first kappa shape index (κ1) is 12.5. The van der Waals surface area contributed by atoms with E-state index in [1.54, 1.807) is 24.5 Å². The number of hydrogen-bond donors (Lipinski definition) is 1. The summed E-state index contributed by atoms with van der Waals surface area (Å²) in [6.45, 7) is 5.02. The number of rotatable bonds is 6. The van der Waals surface area contributed by atoms with Crippen molar-refractivity contribution in [2.24, 2.45) is 5.92 Å². The Hall–Kier alpha value is -0.940. The first-order chi connectivity index (χ1) is 8.15. The topological polar surface area (TPSA) is 51.2 Å². The quantitative estimate of drug-likeness (QED) is 0.843. The van der Waals surface area contributed by atoms with Crippen molar-refractivity contribution in [3.05, 3.63) is 16.1 Å². The normalized spacial score (nSPS) is 16.8. The molecule has 1 unspecified atom stereocenters. The van der Waals surface area contributed by atoms with Gasteiger partial charge in [-0.15, -0.1) is 11.3 Å². The van der Waals surface area contributed by atoms with Gasteiger partial charge in [0, 0.05) is 11.1 Å². The van der Waals surface area contributed by atoms with Gasteiger partial charge >= 0.3 is 0 Å². The summed E-state index contributed by atoms with van der Waals surface area (Å²) in [6.07, 6.45) is 3.93. The molecule has 0 bridgehead atoms. The molecule has 0 saturated heterocycles. The third kappa shape index (κ3) is 4.09. The van der Waals surface area contributed by atoms with Gasteiger partial charge in [0.1, 0.15) is 6.10 Å². The maximum absolute atomic E-state index is 11.7. The minimum Gasteiger partial charge on any atom is -0.368 e. The molecular weight excluding hydrogens is 236 g/mol. The number of aromatic nitrogens is 1. The van der Waals surface area contributed by atoms with Crippen molar-refractivity contribution in [1.29, 1.82) is 0 Å². The second-order valence-corrected chi connectivity index (χ2v) is 5.80. The van der Waals surface area contributed by atoms with Crippen LogP contribution in [0.3, 0.4) is 0 Å². The highest BCUT2D eigenvalue weighted by atomic mass is 32.1. The number of hydrogen-bond acceptors (Lipinski definition) is 4. The van der Waals surface area contributed by atoms with Crippen LogP contribution in [-0.2, 0) is 16.1 Å². The number of aryl methyl sites for hydroxylation is 1. The van der Waals surface area contributed by atoms with Gasteiger partial charge in [-0.3, -0.25) is 4.79 Å². The van der Waals surface area contributed by atoms with E-state index in [-0.39, 0.29) is 12.0 Å². The Morgan fingerprint density at radius 2 is 2.47 bits per heavy atom. The number of amides is 1. The van der Waals surface area contributed by atoms with Crippen LogP contribution in [0.25, 0.3) is 0 Å². The second kappa shape index (κ2) is 5.60. The summed E-state index contributed by atoms with van der Waals surface area (Å²) in [7, 11) is 0. The lowest BCUT2D eigenvalue weighted by molar-refractivity contribution is -0.132. The lowest BCUT2D eigenvalue weighted by Gasteiger charge is -2.12. The van der Waals surface area contributed by atoms with E-state index in [1.807, 2.05) is 6.92 Å². The van der Waals surface area contributed by atoms with E-state index in [0.29, 0.717) is 19.1 Å².